The average molecular weight is 292 g/mol. The predicted molar refractivity (Wildman–Crippen MR) is 64.7 cm³/mol. The Bertz CT molecular complexity index is 611. The zero-order valence-corrected chi connectivity index (χ0v) is 11.1. The van der Waals surface area contributed by atoms with Crippen LogP contribution in [-0.4, -0.2) is 20.4 Å². The third-order valence-electron chi connectivity index (χ3n) is 2.74. The largest absolute Gasteiger partial charge is 0.349 e. The van der Waals surface area contributed by atoms with Crippen molar-refractivity contribution < 1.29 is 17.6 Å². The highest BCUT2D eigenvalue weighted by Crippen LogP contribution is 2.25. The molecule has 0 unspecified atom stereocenters. The summed E-state index contributed by atoms with van der Waals surface area (Å²) < 4.78 is 35.9. The van der Waals surface area contributed by atoms with Gasteiger partial charge in [-0.25, -0.2) is 12.8 Å². The van der Waals surface area contributed by atoms with Crippen LogP contribution in [0.2, 0.25) is 0 Å². The van der Waals surface area contributed by atoms with Gasteiger partial charge in [0.2, 0.25) is 0 Å². The molecule has 98 valence electrons. The van der Waals surface area contributed by atoms with Crippen LogP contribution in [0.3, 0.4) is 0 Å². The molecule has 1 aliphatic carbocycles. The molecule has 0 atom stereocenters. The van der Waals surface area contributed by atoms with Crippen molar-refractivity contribution in [2.75, 3.05) is 0 Å². The summed E-state index contributed by atoms with van der Waals surface area (Å²) in [5, 5.41) is 2.67. The Morgan fingerprint density at radius 2 is 2.06 bits per heavy atom. The van der Waals surface area contributed by atoms with Gasteiger partial charge in [0.1, 0.15) is 5.82 Å². The third kappa shape index (κ3) is 2.81. The quantitative estimate of drug-likeness (QED) is 0.866. The fourth-order valence-corrected chi connectivity index (χ4v) is 2.84. The molecular formula is C11H11ClFNO3S. The van der Waals surface area contributed by atoms with Gasteiger partial charge in [-0.3, -0.25) is 4.79 Å². The Labute approximate surface area is 109 Å². The van der Waals surface area contributed by atoms with Gasteiger partial charge >= 0.3 is 0 Å². The van der Waals surface area contributed by atoms with E-state index in [0.29, 0.717) is 0 Å². The number of nitrogens with one attached hydrogen (secondary N) is 1. The second-order valence-corrected chi connectivity index (χ2v) is 6.80. The number of carbonyl (C=O) groups excluding carboxylic acids is 1. The van der Waals surface area contributed by atoms with Gasteiger partial charge in [0, 0.05) is 22.3 Å². The van der Waals surface area contributed by atoms with E-state index in [9.17, 15) is 17.6 Å². The Morgan fingerprint density at radius 1 is 1.44 bits per heavy atom. The second kappa shape index (κ2) is 4.51. The van der Waals surface area contributed by atoms with Gasteiger partial charge in [-0.15, -0.1) is 0 Å². The van der Waals surface area contributed by atoms with E-state index >= 15 is 0 Å². The third-order valence-corrected chi connectivity index (χ3v) is 4.19. The van der Waals surface area contributed by atoms with E-state index in [4.69, 9.17) is 10.7 Å². The average Bonchev–Trinajstić information content (AvgIpc) is 3.03. The summed E-state index contributed by atoms with van der Waals surface area (Å²) in [4.78, 5) is 11.5. The SMILES string of the molecule is Cc1c(C(=O)NC2CC2)cc(F)cc1S(=O)(=O)Cl. The van der Waals surface area contributed by atoms with E-state index in [1.807, 2.05) is 0 Å². The number of rotatable bonds is 3. The molecule has 1 saturated carbocycles. The minimum absolute atomic E-state index is 0.00104. The Kier molecular flexibility index (Phi) is 3.33. The molecule has 4 nitrogen and oxygen atoms in total. The molecule has 1 aromatic rings. The minimum atomic E-state index is -4.07. The molecule has 1 amide bonds. The summed E-state index contributed by atoms with van der Waals surface area (Å²) in [6.07, 6.45) is 1.78. The van der Waals surface area contributed by atoms with E-state index in [1.165, 1.54) is 6.92 Å². The van der Waals surface area contributed by atoms with Crippen molar-refractivity contribution in [1.82, 2.24) is 5.32 Å². The second-order valence-electron chi connectivity index (χ2n) is 4.26. The standard InChI is InChI=1S/C11H11ClFNO3S/c1-6-9(11(15)14-8-2-3-8)4-7(13)5-10(6)18(12,16)17/h4-5,8H,2-3H2,1H3,(H,14,15). The molecule has 0 aromatic heterocycles. The van der Waals surface area contributed by atoms with Crippen LogP contribution in [0.5, 0.6) is 0 Å². The zero-order chi connectivity index (χ0) is 13.5. The summed E-state index contributed by atoms with van der Waals surface area (Å²) >= 11 is 0. The maximum atomic E-state index is 13.3. The molecule has 1 fully saturated rings. The van der Waals surface area contributed by atoms with Crippen molar-refractivity contribution in [1.29, 1.82) is 0 Å². The van der Waals surface area contributed by atoms with Crippen molar-refractivity contribution >= 4 is 25.6 Å². The minimum Gasteiger partial charge on any atom is -0.349 e. The van der Waals surface area contributed by atoms with Gasteiger partial charge in [0.05, 0.1) is 4.90 Å². The molecule has 1 aromatic carbocycles. The Balaban J connectivity index is 2.47. The molecular weight excluding hydrogens is 281 g/mol. The first kappa shape index (κ1) is 13.3. The molecule has 1 N–H and O–H groups in total. The topological polar surface area (TPSA) is 63.2 Å². The first-order valence-corrected chi connectivity index (χ1v) is 7.65. The number of hydrogen-bond donors (Lipinski definition) is 1. The van der Waals surface area contributed by atoms with E-state index in [1.54, 1.807) is 0 Å². The molecule has 0 aliphatic heterocycles. The predicted octanol–water partition coefficient (Wildman–Crippen LogP) is 1.95. The smallest absolute Gasteiger partial charge is 0.261 e. The van der Waals surface area contributed by atoms with Gasteiger partial charge in [-0.1, -0.05) is 0 Å². The van der Waals surface area contributed by atoms with Gasteiger partial charge in [-0.2, -0.15) is 0 Å². The van der Waals surface area contributed by atoms with Crippen LogP contribution >= 0.6 is 10.7 Å². The van der Waals surface area contributed by atoms with Crippen molar-refractivity contribution in [2.24, 2.45) is 0 Å². The lowest BCUT2D eigenvalue weighted by molar-refractivity contribution is 0.0949. The first-order valence-electron chi connectivity index (χ1n) is 5.34. The monoisotopic (exact) mass is 291 g/mol. The van der Waals surface area contributed by atoms with Crippen molar-refractivity contribution in [3.05, 3.63) is 29.1 Å². The molecule has 1 aliphatic rings. The summed E-state index contributed by atoms with van der Waals surface area (Å²) in [5.41, 5.74) is 0.158. The van der Waals surface area contributed by atoms with Crippen LogP contribution in [0.1, 0.15) is 28.8 Å². The highest BCUT2D eigenvalue weighted by atomic mass is 35.7. The lowest BCUT2D eigenvalue weighted by Gasteiger charge is -2.10. The van der Waals surface area contributed by atoms with Crippen LogP contribution in [0, 0.1) is 12.7 Å². The molecule has 0 heterocycles. The number of hydrogen-bond acceptors (Lipinski definition) is 3. The highest BCUT2D eigenvalue weighted by Gasteiger charge is 2.26. The number of halogens is 2. The fraction of sp³-hybridized carbons (Fsp3) is 0.364. The number of amides is 1. The molecule has 0 radical (unpaired) electrons. The van der Waals surface area contributed by atoms with E-state index < -0.39 is 20.8 Å². The lowest BCUT2D eigenvalue weighted by Crippen LogP contribution is -2.26. The first-order chi connectivity index (χ1) is 8.29. The summed E-state index contributed by atoms with van der Waals surface area (Å²) in [7, 11) is 1.13. The van der Waals surface area contributed by atoms with Crippen LogP contribution in [-0.2, 0) is 9.05 Å². The van der Waals surface area contributed by atoms with Gasteiger partial charge < -0.3 is 5.32 Å². The number of carbonyl (C=O) groups is 1. The molecule has 18 heavy (non-hydrogen) atoms. The van der Waals surface area contributed by atoms with Crippen molar-refractivity contribution in [3.63, 3.8) is 0 Å². The Hall–Kier alpha value is -1.14. The van der Waals surface area contributed by atoms with Crippen LogP contribution in [0.25, 0.3) is 0 Å². The van der Waals surface area contributed by atoms with Crippen LogP contribution in [0.15, 0.2) is 17.0 Å². The maximum absolute atomic E-state index is 13.3. The molecule has 0 bridgehead atoms. The summed E-state index contributed by atoms with van der Waals surface area (Å²) in [6.45, 7) is 1.43. The molecule has 7 heteroatoms. The zero-order valence-electron chi connectivity index (χ0n) is 9.54. The molecule has 2 rings (SSSR count). The summed E-state index contributed by atoms with van der Waals surface area (Å²) in [6, 6.07) is 1.93. The van der Waals surface area contributed by atoms with Crippen molar-refractivity contribution in [2.45, 2.75) is 30.7 Å². The number of benzene rings is 1. The highest BCUT2D eigenvalue weighted by molar-refractivity contribution is 8.13. The molecule has 0 saturated heterocycles. The lowest BCUT2D eigenvalue weighted by atomic mass is 10.1. The van der Waals surface area contributed by atoms with Crippen molar-refractivity contribution in [3.8, 4) is 0 Å². The Morgan fingerprint density at radius 3 is 2.56 bits per heavy atom. The van der Waals surface area contributed by atoms with Gasteiger partial charge in [0.25, 0.3) is 15.0 Å². The van der Waals surface area contributed by atoms with E-state index in [2.05, 4.69) is 5.32 Å². The van der Waals surface area contributed by atoms with E-state index in [-0.39, 0.29) is 22.1 Å². The normalized spacial score (nSPS) is 15.5. The van der Waals surface area contributed by atoms with Crippen LogP contribution in [0.4, 0.5) is 4.39 Å². The van der Waals surface area contributed by atoms with E-state index in [0.717, 1.165) is 25.0 Å². The molecule has 0 spiro atoms. The van der Waals surface area contributed by atoms with Gasteiger partial charge in [0.15, 0.2) is 0 Å². The van der Waals surface area contributed by atoms with Crippen LogP contribution < -0.4 is 5.32 Å². The fourth-order valence-electron chi connectivity index (χ4n) is 1.63. The summed E-state index contributed by atoms with van der Waals surface area (Å²) in [5.74, 6) is -1.28. The van der Waals surface area contributed by atoms with Gasteiger partial charge in [-0.05, 0) is 37.5 Å². The maximum Gasteiger partial charge on any atom is 0.261 e.